The van der Waals surface area contributed by atoms with E-state index < -0.39 is 21.0 Å². The van der Waals surface area contributed by atoms with Gasteiger partial charge in [-0.3, -0.25) is 4.79 Å². The lowest BCUT2D eigenvalue weighted by atomic mass is 9.99. The van der Waals surface area contributed by atoms with Crippen LogP contribution < -0.4 is 5.32 Å². The predicted octanol–water partition coefficient (Wildman–Crippen LogP) is 2.91. The third-order valence-corrected chi connectivity index (χ3v) is 5.59. The van der Waals surface area contributed by atoms with Gasteiger partial charge in [-0.15, -0.1) is 0 Å². The van der Waals surface area contributed by atoms with E-state index in [-0.39, 0.29) is 6.04 Å². The Labute approximate surface area is 143 Å². The molecule has 0 saturated carbocycles. The topological polar surface area (TPSA) is 63.2 Å². The van der Waals surface area contributed by atoms with E-state index in [2.05, 4.69) is 5.32 Å². The van der Waals surface area contributed by atoms with Gasteiger partial charge in [0.25, 0.3) is 0 Å². The van der Waals surface area contributed by atoms with Crippen molar-refractivity contribution in [3.8, 4) is 0 Å². The average molecular weight is 345 g/mol. The third kappa shape index (κ3) is 5.20. The number of amides is 1. The smallest absolute Gasteiger partial charge is 0.238 e. The van der Waals surface area contributed by atoms with Crippen molar-refractivity contribution in [2.45, 2.75) is 31.1 Å². The molecule has 0 saturated heterocycles. The molecule has 128 valence electrons. The second-order valence-corrected chi connectivity index (χ2v) is 8.33. The largest absolute Gasteiger partial charge is 0.348 e. The Kier molecular flexibility index (Phi) is 6.15. The fourth-order valence-corrected chi connectivity index (χ4v) is 2.90. The van der Waals surface area contributed by atoms with E-state index in [1.165, 1.54) is 12.5 Å². The third-order valence-electron chi connectivity index (χ3n) is 4.09. The zero-order valence-electron chi connectivity index (χ0n) is 14.0. The molecule has 0 heterocycles. The number of rotatable bonds is 7. The summed E-state index contributed by atoms with van der Waals surface area (Å²) in [7, 11) is -3.41. The maximum absolute atomic E-state index is 12.3. The highest BCUT2D eigenvalue weighted by Crippen LogP contribution is 2.20. The Balaban J connectivity index is 2.13. The average Bonchev–Trinajstić information content (AvgIpc) is 2.58. The lowest BCUT2D eigenvalue weighted by molar-refractivity contribution is -0.121. The number of sulfone groups is 1. The lowest BCUT2D eigenvalue weighted by Crippen LogP contribution is -2.39. The SMILES string of the molecule is C[C@H](C(=O)N[C@H](CCc1ccccc1)c1ccccc1)S(C)(=O)=O. The van der Waals surface area contributed by atoms with Crippen LogP contribution in [0.2, 0.25) is 0 Å². The maximum Gasteiger partial charge on any atom is 0.238 e. The molecular formula is C19H23NO3S. The molecule has 0 radical (unpaired) electrons. The van der Waals surface area contributed by atoms with Crippen molar-refractivity contribution in [1.29, 1.82) is 0 Å². The Morgan fingerprint density at radius 1 is 1.00 bits per heavy atom. The molecule has 0 unspecified atom stereocenters. The Bertz CT molecular complexity index is 758. The van der Waals surface area contributed by atoms with Crippen LogP contribution in [0.25, 0.3) is 0 Å². The summed E-state index contributed by atoms with van der Waals surface area (Å²) in [6.07, 6.45) is 2.59. The molecule has 2 aromatic carbocycles. The number of hydrogen-bond donors (Lipinski definition) is 1. The predicted molar refractivity (Wildman–Crippen MR) is 96.4 cm³/mol. The molecule has 4 nitrogen and oxygen atoms in total. The summed E-state index contributed by atoms with van der Waals surface area (Å²) in [6.45, 7) is 1.42. The van der Waals surface area contributed by atoms with E-state index in [0.717, 1.165) is 18.2 Å². The molecule has 0 aliphatic rings. The van der Waals surface area contributed by atoms with Crippen molar-refractivity contribution in [2.75, 3.05) is 6.26 Å². The molecule has 0 bridgehead atoms. The minimum absolute atomic E-state index is 0.219. The fraction of sp³-hybridized carbons (Fsp3) is 0.316. The zero-order valence-corrected chi connectivity index (χ0v) is 14.8. The molecule has 5 heteroatoms. The van der Waals surface area contributed by atoms with E-state index in [1.807, 2.05) is 60.7 Å². The molecule has 1 N–H and O–H groups in total. The van der Waals surface area contributed by atoms with E-state index in [1.54, 1.807) is 0 Å². The number of nitrogens with one attached hydrogen (secondary N) is 1. The van der Waals surface area contributed by atoms with Crippen LogP contribution in [0, 0.1) is 0 Å². The minimum Gasteiger partial charge on any atom is -0.348 e. The summed E-state index contributed by atoms with van der Waals surface area (Å²) >= 11 is 0. The monoisotopic (exact) mass is 345 g/mol. The Hall–Kier alpha value is -2.14. The number of carbonyl (C=O) groups excluding carboxylic acids is 1. The molecule has 2 atom stereocenters. The van der Waals surface area contributed by atoms with Gasteiger partial charge in [0.1, 0.15) is 5.25 Å². The summed E-state index contributed by atoms with van der Waals surface area (Å²) in [5.41, 5.74) is 2.16. The summed E-state index contributed by atoms with van der Waals surface area (Å²) in [4.78, 5) is 12.3. The van der Waals surface area contributed by atoms with Gasteiger partial charge in [0.2, 0.25) is 5.91 Å². The van der Waals surface area contributed by atoms with Crippen molar-refractivity contribution in [3.05, 3.63) is 71.8 Å². The summed E-state index contributed by atoms with van der Waals surface area (Å²) < 4.78 is 23.2. The first kappa shape index (κ1) is 18.2. The van der Waals surface area contributed by atoms with E-state index >= 15 is 0 Å². The second kappa shape index (κ2) is 8.11. The van der Waals surface area contributed by atoms with Crippen LogP contribution in [0.1, 0.15) is 30.5 Å². The van der Waals surface area contributed by atoms with E-state index in [0.29, 0.717) is 6.42 Å². The zero-order chi connectivity index (χ0) is 17.6. The Morgan fingerprint density at radius 3 is 2.08 bits per heavy atom. The van der Waals surface area contributed by atoms with Gasteiger partial charge in [0.15, 0.2) is 9.84 Å². The standard InChI is InChI=1S/C19H23NO3S/c1-15(24(2,22)23)19(21)20-18(17-11-7-4-8-12-17)14-13-16-9-5-3-6-10-16/h3-12,15,18H,13-14H2,1-2H3,(H,20,21)/t15-,18-/m1/s1. The first-order valence-corrected chi connectivity index (χ1v) is 9.91. The molecule has 0 aliphatic heterocycles. The van der Waals surface area contributed by atoms with Gasteiger partial charge in [0, 0.05) is 6.26 Å². The fourth-order valence-electron chi connectivity index (χ4n) is 2.45. The van der Waals surface area contributed by atoms with Crippen LogP contribution >= 0.6 is 0 Å². The van der Waals surface area contributed by atoms with Crippen molar-refractivity contribution in [2.24, 2.45) is 0 Å². The molecule has 0 spiro atoms. The van der Waals surface area contributed by atoms with Crippen LogP contribution in [0.4, 0.5) is 0 Å². The van der Waals surface area contributed by atoms with E-state index in [4.69, 9.17) is 0 Å². The first-order valence-electron chi connectivity index (χ1n) is 7.96. The van der Waals surface area contributed by atoms with Gasteiger partial charge in [-0.2, -0.15) is 0 Å². The number of carbonyl (C=O) groups is 1. The highest BCUT2D eigenvalue weighted by molar-refractivity contribution is 7.92. The molecule has 0 fully saturated rings. The quantitative estimate of drug-likeness (QED) is 0.839. The van der Waals surface area contributed by atoms with Gasteiger partial charge in [0.05, 0.1) is 6.04 Å². The molecule has 24 heavy (non-hydrogen) atoms. The van der Waals surface area contributed by atoms with Crippen LogP contribution in [0.15, 0.2) is 60.7 Å². The van der Waals surface area contributed by atoms with Crippen LogP contribution in [0.5, 0.6) is 0 Å². The highest BCUT2D eigenvalue weighted by Gasteiger charge is 2.26. The van der Waals surface area contributed by atoms with Crippen LogP contribution in [0.3, 0.4) is 0 Å². The summed E-state index contributed by atoms with van der Waals surface area (Å²) in [5, 5.41) is 1.84. The van der Waals surface area contributed by atoms with Gasteiger partial charge in [-0.25, -0.2) is 8.42 Å². The second-order valence-electron chi connectivity index (χ2n) is 5.97. The highest BCUT2D eigenvalue weighted by atomic mass is 32.2. The molecule has 1 amide bonds. The molecule has 2 aromatic rings. The lowest BCUT2D eigenvalue weighted by Gasteiger charge is -2.21. The van der Waals surface area contributed by atoms with Crippen molar-refractivity contribution in [3.63, 3.8) is 0 Å². The van der Waals surface area contributed by atoms with Crippen molar-refractivity contribution >= 4 is 15.7 Å². The molecule has 0 aliphatic carbocycles. The summed E-state index contributed by atoms with van der Waals surface area (Å²) in [6, 6.07) is 19.4. The number of aryl methyl sites for hydroxylation is 1. The maximum atomic E-state index is 12.3. The van der Waals surface area contributed by atoms with Gasteiger partial charge >= 0.3 is 0 Å². The van der Waals surface area contributed by atoms with E-state index in [9.17, 15) is 13.2 Å². The van der Waals surface area contributed by atoms with Crippen molar-refractivity contribution in [1.82, 2.24) is 5.32 Å². The van der Waals surface area contributed by atoms with Gasteiger partial charge < -0.3 is 5.32 Å². The van der Waals surface area contributed by atoms with Gasteiger partial charge in [-0.1, -0.05) is 60.7 Å². The first-order chi connectivity index (χ1) is 11.4. The summed E-state index contributed by atoms with van der Waals surface area (Å²) in [5.74, 6) is -0.459. The van der Waals surface area contributed by atoms with Crippen molar-refractivity contribution < 1.29 is 13.2 Å². The number of benzene rings is 2. The number of hydrogen-bond acceptors (Lipinski definition) is 3. The minimum atomic E-state index is -3.41. The van der Waals surface area contributed by atoms with Crippen LogP contribution in [-0.2, 0) is 21.1 Å². The molecule has 0 aromatic heterocycles. The normalized spacial score (nSPS) is 13.9. The van der Waals surface area contributed by atoms with Gasteiger partial charge in [-0.05, 0) is 30.9 Å². The molecule has 2 rings (SSSR count). The Morgan fingerprint density at radius 2 is 1.54 bits per heavy atom. The molecular weight excluding hydrogens is 322 g/mol. The van der Waals surface area contributed by atoms with Crippen LogP contribution in [-0.4, -0.2) is 25.8 Å².